The van der Waals surface area contributed by atoms with Gasteiger partial charge in [0.25, 0.3) is 5.69 Å². The molecule has 2 aliphatic rings. The van der Waals surface area contributed by atoms with E-state index in [1.54, 1.807) is 4.68 Å². The van der Waals surface area contributed by atoms with Gasteiger partial charge in [0.15, 0.2) is 11.5 Å². The van der Waals surface area contributed by atoms with E-state index in [1.807, 2.05) is 60.8 Å². The summed E-state index contributed by atoms with van der Waals surface area (Å²) in [4.78, 5) is 25.5. The van der Waals surface area contributed by atoms with Crippen LogP contribution in [-0.2, 0) is 27.4 Å². The number of nitro groups is 1. The lowest BCUT2D eigenvalue weighted by Gasteiger charge is -2.29. The molecule has 0 radical (unpaired) electrons. The number of carbonyl (C=O) groups excluding carboxylic acids is 1. The van der Waals surface area contributed by atoms with Crippen LogP contribution >= 0.6 is 0 Å². The van der Waals surface area contributed by atoms with Crippen LogP contribution in [0.3, 0.4) is 0 Å². The van der Waals surface area contributed by atoms with Gasteiger partial charge in [0.1, 0.15) is 30.6 Å². The van der Waals surface area contributed by atoms with E-state index in [2.05, 4.69) is 10.3 Å². The minimum Gasteiger partial charge on any atom is -0.493 e. The van der Waals surface area contributed by atoms with E-state index in [-0.39, 0.29) is 48.5 Å². The second-order valence-electron chi connectivity index (χ2n) is 10.1. The molecule has 0 aliphatic carbocycles. The average Bonchev–Trinajstić information content (AvgIpc) is 3.67. The summed E-state index contributed by atoms with van der Waals surface area (Å²) in [5.41, 5.74) is 3.55. The SMILES string of the molecule is COc1cc(COC(=O)N2C[C@@H](OCc3ccc(-n4cc(-c5ccccc5)nn4)cc3)[C@@H]3O[C@@H]3C2)c([N+](=O)[O-])cc1OC. The molecule has 0 bridgehead atoms. The Morgan fingerprint density at radius 3 is 2.49 bits per heavy atom. The van der Waals surface area contributed by atoms with Gasteiger partial charge >= 0.3 is 6.09 Å². The predicted molar refractivity (Wildman–Crippen MR) is 152 cm³/mol. The number of aromatic nitrogens is 3. The molecule has 0 spiro atoms. The maximum absolute atomic E-state index is 12.9. The third-order valence-electron chi connectivity index (χ3n) is 7.41. The van der Waals surface area contributed by atoms with E-state index in [0.29, 0.717) is 18.9 Å². The lowest BCUT2D eigenvalue weighted by Crippen LogP contribution is -2.47. The largest absolute Gasteiger partial charge is 0.493 e. The molecular weight excluding hydrogens is 558 g/mol. The number of methoxy groups -OCH3 is 2. The Labute approximate surface area is 246 Å². The monoisotopic (exact) mass is 587 g/mol. The van der Waals surface area contributed by atoms with Gasteiger partial charge in [-0.25, -0.2) is 9.48 Å². The molecule has 2 saturated heterocycles. The molecule has 0 unspecified atom stereocenters. The highest BCUT2D eigenvalue weighted by Crippen LogP contribution is 2.36. The topological polar surface area (TPSA) is 144 Å². The summed E-state index contributed by atoms with van der Waals surface area (Å²) in [6, 6.07) is 20.3. The van der Waals surface area contributed by atoms with Crippen LogP contribution in [0.1, 0.15) is 11.1 Å². The molecule has 2 fully saturated rings. The average molecular weight is 588 g/mol. The van der Waals surface area contributed by atoms with E-state index in [0.717, 1.165) is 22.5 Å². The van der Waals surface area contributed by atoms with Gasteiger partial charge in [-0.05, 0) is 23.8 Å². The van der Waals surface area contributed by atoms with Crippen molar-refractivity contribution >= 4 is 11.8 Å². The summed E-state index contributed by atoms with van der Waals surface area (Å²) in [5.74, 6) is 0.508. The zero-order chi connectivity index (χ0) is 29.9. The highest BCUT2D eigenvalue weighted by atomic mass is 16.6. The first kappa shape index (κ1) is 28.1. The highest BCUT2D eigenvalue weighted by molar-refractivity contribution is 5.68. The van der Waals surface area contributed by atoms with E-state index in [1.165, 1.54) is 31.3 Å². The van der Waals surface area contributed by atoms with E-state index in [9.17, 15) is 14.9 Å². The van der Waals surface area contributed by atoms with Crippen molar-refractivity contribution in [2.75, 3.05) is 27.3 Å². The number of benzene rings is 3. The molecular formula is C30H29N5O8. The standard InChI is InChI=1S/C30H29N5O8/c1-39-25-12-21(24(35(37)38)13-26(25)40-2)18-42-30(36)33-15-27(29-28(16-33)43-29)41-17-19-8-10-22(11-9-19)34-14-23(31-32-34)20-6-4-3-5-7-20/h3-14,27-29H,15-18H2,1-2H3/t27-,28-,29+/m1/s1. The van der Waals surface area contributed by atoms with Gasteiger partial charge in [0.05, 0.1) is 62.4 Å². The zero-order valence-corrected chi connectivity index (χ0v) is 23.5. The number of hydrogen-bond acceptors (Lipinski definition) is 10. The van der Waals surface area contributed by atoms with Crippen LogP contribution in [0.2, 0.25) is 0 Å². The highest BCUT2D eigenvalue weighted by Gasteiger charge is 2.52. The van der Waals surface area contributed by atoms with Crippen LogP contribution in [0.4, 0.5) is 10.5 Å². The summed E-state index contributed by atoms with van der Waals surface area (Å²) in [6.07, 6.45) is 0.686. The molecule has 3 aromatic carbocycles. The van der Waals surface area contributed by atoms with Gasteiger partial charge in [-0.3, -0.25) is 10.1 Å². The molecule has 2 aliphatic heterocycles. The zero-order valence-electron chi connectivity index (χ0n) is 23.5. The van der Waals surface area contributed by atoms with Gasteiger partial charge in [-0.15, -0.1) is 5.10 Å². The number of ether oxygens (including phenoxy) is 5. The second kappa shape index (κ2) is 12.1. The Bertz CT molecular complexity index is 1610. The molecule has 1 amide bonds. The number of epoxide rings is 1. The molecule has 13 heteroatoms. The summed E-state index contributed by atoms with van der Waals surface area (Å²) in [7, 11) is 2.81. The fraction of sp³-hybridized carbons (Fsp3) is 0.300. The van der Waals surface area contributed by atoms with Crippen molar-refractivity contribution in [2.45, 2.75) is 31.5 Å². The van der Waals surface area contributed by atoms with Crippen molar-refractivity contribution in [1.82, 2.24) is 19.9 Å². The van der Waals surface area contributed by atoms with E-state index in [4.69, 9.17) is 23.7 Å². The lowest BCUT2D eigenvalue weighted by atomic mass is 10.1. The van der Waals surface area contributed by atoms with Gasteiger partial charge in [-0.2, -0.15) is 0 Å². The lowest BCUT2D eigenvalue weighted by molar-refractivity contribution is -0.385. The summed E-state index contributed by atoms with van der Waals surface area (Å²) in [5, 5.41) is 20.1. The maximum Gasteiger partial charge on any atom is 0.410 e. The van der Waals surface area contributed by atoms with Crippen molar-refractivity contribution < 1.29 is 33.4 Å². The molecule has 4 aromatic rings. The Morgan fingerprint density at radius 1 is 1.02 bits per heavy atom. The third kappa shape index (κ3) is 6.12. The van der Waals surface area contributed by atoms with E-state index >= 15 is 0 Å². The predicted octanol–water partition coefficient (Wildman–Crippen LogP) is 4.16. The summed E-state index contributed by atoms with van der Waals surface area (Å²) >= 11 is 0. The molecule has 1 aromatic heterocycles. The Kier molecular flexibility index (Phi) is 7.90. The number of amides is 1. The summed E-state index contributed by atoms with van der Waals surface area (Å²) < 4.78 is 29.4. The first-order valence-corrected chi connectivity index (χ1v) is 13.6. The molecule has 43 heavy (non-hydrogen) atoms. The first-order chi connectivity index (χ1) is 20.9. The number of carbonyl (C=O) groups is 1. The van der Waals surface area contributed by atoms with Crippen molar-refractivity contribution in [3.05, 3.63) is 94.2 Å². The van der Waals surface area contributed by atoms with Gasteiger partial charge in [-0.1, -0.05) is 47.7 Å². The van der Waals surface area contributed by atoms with Crippen molar-refractivity contribution in [2.24, 2.45) is 0 Å². The Morgan fingerprint density at radius 2 is 1.77 bits per heavy atom. The van der Waals surface area contributed by atoms with Crippen molar-refractivity contribution in [3.63, 3.8) is 0 Å². The molecule has 222 valence electrons. The third-order valence-corrected chi connectivity index (χ3v) is 7.41. The molecule has 13 nitrogen and oxygen atoms in total. The molecule has 6 rings (SSSR count). The number of hydrogen-bond donors (Lipinski definition) is 0. The number of nitro benzene ring substituents is 1. The van der Waals surface area contributed by atoms with Crippen LogP contribution in [0.25, 0.3) is 16.9 Å². The molecule has 3 heterocycles. The number of piperidine rings is 1. The van der Waals surface area contributed by atoms with Crippen LogP contribution in [-0.4, -0.2) is 76.5 Å². The fourth-order valence-corrected chi connectivity index (χ4v) is 5.05. The molecule has 3 atom stereocenters. The number of nitrogens with zero attached hydrogens (tertiary/aromatic N) is 5. The van der Waals surface area contributed by atoms with Crippen molar-refractivity contribution in [3.8, 4) is 28.4 Å². The smallest absolute Gasteiger partial charge is 0.410 e. The minimum atomic E-state index is -0.612. The number of fused-ring (bicyclic) bond motifs is 1. The van der Waals surface area contributed by atoms with Gasteiger partial charge in [0.2, 0.25) is 0 Å². The summed E-state index contributed by atoms with van der Waals surface area (Å²) in [6.45, 7) is 0.643. The van der Waals surface area contributed by atoms with E-state index < -0.39 is 11.0 Å². The minimum absolute atomic E-state index is 0.0955. The van der Waals surface area contributed by atoms with Crippen molar-refractivity contribution in [1.29, 1.82) is 0 Å². The normalized spacial score (nSPS) is 18.9. The molecule has 0 saturated carbocycles. The second-order valence-corrected chi connectivity index (χ2v) is 10.1. The maximum atomic E-state index is 12.9. The Balaban J connectivity index is 1.04. The van der Waals surface area contributed by atoms with Crippen LogP contribution in [0, 0.1) is 10.1 Å². The van der Waals surface area contributed by atoms with Gasteiger partial charge in [0, 0.05) is 5.56 Å². The quantitative estimate of drug-likeness (QED) is 0.151. The Hall–Kier alpha value is -5.01. The van der Waals surface area contributed by atoms with Crippen LogP contribution in [0.5, 0.6) is 11.5 Å². The van der Waals surface area contributed by atoms with Gasteiger partial charge < -0.3 is 28.6 Å². The number of likely N-dealkylation sites (tertiary alicyclic amines) is 1. The number of rotatable bonds is 10. The molecule has 0 N–H and O–H groups in total. The first-order valence-electron chi connectivity index (χ1n) is 13.6. The van der Waals surface area contributed by atoms with Crippen LogP contribution < -0.4 is 9.47 Å². The van der Waals surface area contributed by atoms with Crippen LogP contribution in [0.15, 0.2) is 72.9 Å². The fourth-order valence-electron chi connectivity index (χ4n) is 5.05.